The SMILES string of the molecule is CCCCCC(=O)N1C[C@@H](N)[C@H](c2ccccc2)C1.Cl. The smallest absolute Gasteiger partial charge is 0.222 e. The summed E-state index contributed by atoms with van der Waals surface area (Å²) in [7, 11) is 0. The maximum Gasteiger partial charge on any atom is 0.222 e. The van der Waals surface area contributed by atoms with Crippen molar-refractivity contribution in [2.75, 3.05) is 13.1 Å². The largest absolute Gasteiger partial charge is 0.340 e. The van der Waals surface area contributed by atoms with Crippen molar-refractivity contribution in [3.63, 3.8) is 0 Å². The zero-order valence-electron chi connectivity index (χ0n) is 12.1. The Labute approximate surface area is 127 Å². The van der Waals surface area contributed by atoms with Gasteiger partial charge >= 0.3 is 0 Å². The number of rotatable bonds is 5. The normalized spacial score (nSPS) is 21.6. The molecule has 1 aliphatic heterocycles. The number of halogens is 1. The van der Waals surface area contributed by atoms with Gasteiger partial charge in [0.1, 0.15) is 0 Å². The van der Waals surface area contributed by atoms with Gasteiger partial charge in [-0.15, -0.1) is 12.4 Å². The summed E-state index contributed by atoms with van der Waals surface area (Å²) in [5.41, 5.74) is 7.45. The Bertz CT molecular complexity index is 410. The minimum atomic E-state index is 0. The number of benzene rings is 1. The number of unbranched alkanes of at least 4 members (excludes halogenated alkanes) is 2. The van der Waals surface area contributed by atoms with Gasteiger partial charge in [0.15, 0.2) is 0 Å². The van der Waals surface area contributed by atoms with Crippen LogP contribution in [0.3, 0.4) is 0 Å². The number of carbonyl (C=O) groups excluding carboxylic acids is 1. The third kappa shape index (κ3) is 4.22. The summed E-state index contributed by atoms with van der Waals surface area (Å²) in [6.45, 7) is 3.63. The summed E-state index contributed by atoms with van der Waals surface area (Å²) < 4.78 is 0. The lowest BCUT2D eigenvalue weighted by Gasteiger charge is -2.16. The molecule has 1 aromatic rings. The van der Waals surface area contributed by atoms with Gasteiger partial charge in [0.05, 0.1) is 0 Å². The van der Waals surface area contributed by atoms with Crippen LogP contribution in [0.1, 0.15) is 44.1 Å². The van der Waals surface area contributed by atoms with Gasteiger partial charge in [-0.05, 0) is 12.0 Å². The number of nitrogens with zero attached hydrogens (tertiary/aromatic N) is 1. The molecule has 1 saturated heterocycles. The first-order valence-corrected chi connectivity index (χ1v) is 7.30. The molecule has 4 heteroatoms. The number of likely N-dealkylation sites (tertiary alicyclic amines) is 1. The van der Waals surface area contributed by atoms with E-state index in [9.17, 15) is 4.79 Å². The Morgan fingerprint density at radius 3 is 2.60 bits per heavy atom. The highest BCUT2D eigenvalue weighted by Crippen LogP contribution is 2.26. The number of nitrogens with two attached hydrogens (primary N) is 1. The molecule has 2 atom stereocenters. The van der Waals surface area contributed by atoms with Crippen LogP contribution >= 0.6 is 12.4 Å². The summed E-state index contributed by atoms with van der Waals surface area (Å²) in [6.07, 6.45) is 3.95. The van der Waals surface area contributed by atoms with Gasteiger partial charge in [-0.1, -0.05) is 50.1 Å². The molecule has 0 bridgehead atoms. The standard InChI is InChI=1S/C16H24N2O.ClH/c1-2-3-5-10-16(19)18-11-14(15(17)12-18)13-8-6-4-7-9-13;/h4,6-9,14-15H,2-3,5,10-12,17H2,1H3;1H/t14-,15+;/m0./s1. The molecule has 3 nitrogen and oxygen atoms in total. The van der Waals surface area contributed by atoms with Crippen LogP contribution in [0.4, 0.5) is 0 Å². The molecule has 1 amide bonds. The van der Waals surface area contributed by atoms with Crippen molar-refractivity contribution in [2.45, 2.75) is 44.6 Å². The molecule has 1 heterocycles. The molecule has 0 aliphatic carbocycles. The average molecular weight is 297 g/mol. The topological polar surface area (TPSA) is 46.3 Å². The highest BCUT2D eigenvalue weighted by atomic mass is 35.5. The molecule has 0 saturated carbocycles. The summed E-state index contributed by atoms with van der Waals surface area (Å²) >= 11 is 0. The molecule has 0 unspecified atom stereocenters. The monoisotopic (exact) mass is 296 g/mol. The molecular weight excluding hydrogens is 272 g/mol. The van der Waals surface area contributed by atoms with Crippen molar-refractivity contribution in [1.82, 2.24) is 4.90 Å². The lowest BCUT2D eigenvalue weighted by atomic mass is 9.95. The van der Waals surface area contributed by atoms with E-state index in [1.807, 2.05) is 23.1 Å². The highest BCUT2D eigenvalue weighted by molar-refractivity contribution is 5.85. The number of carbonyl (C=O) groups is 1. The highest BCUT2D eigenvalue weighted by Gasteiger charge is 2.33. The van der Waals surface area contributed by atoms with Crippen LogP contribution in [0, 0.1) is 0 Å². The van der Waals surface area contributed by atoms with Gasteiger partial charge in [-0.25, -0.2) is 0 Å². The zero-order valence-corrected chi connectivity index (χ0v) is 12.9. The Hall–Kier alpha value is -1.06. The van der Waals surface area contributed by atoms with Crippen LogP contribution in [0.15, 0.2) is 30.3 Å². The Balaban J connectivity index is 0.00000200. The fourth-order valence-electron chi connectivity index (χ4n) is 2.77. The maximum absolute atomic E-state index is 12.1. The molecule has 0 aromatic heterocycles. The van der Waals surface area contributed by atoms with Crippen LogP contribution in [0.25, 0.3) is 0 Å². The summed E-state index contributed by atoms with van der Waals surface area (Å²) in [6, 6.07) is 10.4. The number of hydrogen-bond acceptors (Lipinski definition) is 2. The van der Waals surface area contributed by atoms with E-state index in [4.69, 9.17) is 5.73 Å². The van der Waals surface area contributed by atoms with E-state index in [0.29, 0.717) is 13.0 Å². The van der Waals surface area contributed by atoms with Crippen LogP contribution in [-0.4, -0.2) is 29.9 Å². The second-order valence-corrected chi connectivity index (χ2v) is 5.44. The van der Waals surface area contributed by atoms with Crippen molar-refractivity contribution in [1.29, 1.82) is 0 Å². The zero-order chi connectivity index (χ0) is 13.7. The lowest BCUT2D eigenvalue weighted by Crippen LogP contribution is -2.32. The van der Waals surface area contributed by atoms with Gasteiger partial charge in [-0.2, -0.15) is 0 Å². The Morgan fingerprint density at radius 2 is 1.95 bits per heavy atom. The van der Waals surface area contributed by atoms with Crippen LogP contribution < -0.4 is 5.73 Å². The molecule has 1 aliphatic rings. The van der Waals surface area contributed by atoms with Crippen molar-refractivity contribution in [2.24, 2.45) is 5.73 Å². The van der Waals surface area contributed by atoms with Gasteiger partial charge in [0, 0.05) is 31.5 Å². The lowest BCUT2D eigenvalue weighted by molar-refractivity contribution is -0.130. The molecule has 0 radical (unpaired) electrons. The first-order valence-electron chi connectivity index (χ1n) is 7.30. The van der Waals surface area contributed by atoms with Crippen molar-refractivity contribution in [3.05, 3.63) is 35.9 Å². The van der Waals surface area contributed by atoms with Crippen LogP contribution in [0.5, 0.6) is 0 Å². The van der Waals surface area contributed by atoms with Crippen LogP contribution in [-0.2, 0) is 4.79 Å². The minimum Gasteiger partial charge on any atom is -0.340 e. The van der Waals surface area contributed by atoms with E-state index < -0.39 is 0 Å². The number of hydrogen-bond donors (Lipinski definition) is 1. The van der Waals surface area contributed by atoms with Gasteiger partial charge in [0.2, 0.25) is 5.91 Å². The third-order valence-electron chi connectivity index (χ3n) is 3.94. The first kappa shape index (κ1) is 17.0. The van der Waals surface area contributed by atoms with Gasteiger partial charge < -0.3 is 10.6 Å². The fourth-order valence-corrected chi connectivity index (χ4v) is 2.77. The molecule has 1 fully saturated rings. The van der Waals surface area contributed by atoms with Crippen LogP contribution in [0.2, 0.25) is 0 Å². The Morgan fingerprint density at radius 1 is 1.25 bits per heavy atom. The van der Waals surface area contributed by atoms with E-state index >= 15 is 0 Å². The second kappa shape index (κ2) is 8.28. The predicted octanol–water partition coefficient (Wildman–Crippen LogP) is 2.94. The maximum atomic E-state index is 12.1. The summed E-state index contributed by atoms with van der Waals surface area (Å²) in [4.78, 5) is 14.1. The molecular formula is C16H25ClN2O. The van der Waals surface area contributed by atoms with E-state index in [1.54, 1.807) is 0 Å². The van der Waals surface area contributed by atoms with E-state index in [1.165, 1.54) is 5.56 Å². The molecule has 2 N–H and O–H groups in total. The molecule has 1 aromatic carbocycles. The molecule has 2 rings (SSSR count). The average Bonchev–Trinajstić information content (AvgIpc) is 2.82. The minimum absolute atomic E-state index is 0. The predicted molar refractivity (Wildman–Crippen MR) is 85.1 cm³/mol. The van der Waals surface area contributed by atoms with Gasteiger partial charge in [0.25, 0.3) is 0 Å². The quantitative estimate of drug-likeness (QED) is 0.849. The van der Waals surface area contributed by atoms with E-state index in [2.05, 4.69) is 19.1 Å². The molecule has 112 valence electrons. The fraction of sp³-hybridized carbons (Fsp3) is 0.562. The second-order valence-electron chi connectivity index (χ2n) is 5.44. The van der Waals surface area contributed by atoms with Crippen molar-refractivity contribution < 1.29 is 4.79 Å². The van der Waals surface area contributed by atoms with Crippen molar-refractivity contribution in [3.8, 4) is 0 Å². The summed E-state index contributed by atoms with van der Waals surface area (Å²) in [5, 5.41) is 0. The molecule has 20 heavy (non-hydrogen) atoms. The Kier molecular flexibility index (Phi) is 7.03. The first-order chi connectivity index (χ1) is 9.22. The number of amides is 1. The van der Waals surface area contributed by atoms with Gasteiger partial charge in [-0.3, -0.25) is 4.79 Å². The molecule has 0 spiro atoms. The van der Waals surface area contributed by atoms with Crippen molar-refractivity contribution >= 4 is 18.3 Å². The van der Waals surface area contributed by atoms with E-state index in [-0.39, 0.29) is 30.3 Å². The third-order valence-corrected chi connectivity index (χ3v) is 3.94. The van der Waals surface area contributed by atoms with E-state index in [0.717, 1.165) is 25.8 Å². The summed E-state index contributed by atoms with van der Waals surface area (Å²) in [5.74, 6) is 0.554.